The maximum absolute atomic E-state index is 14.7. The van der Waals surface area contributed by atoms with E-state index in [0.29, 0.717) is 11.3 Å². The second kappa shape index (κ2) is 9.79. The molecule has 9 nitrogen and oxygen atoms in total. The summed E-state index contributed by atoms with van der Waals surface area (Å²) in [6, 6.07) is 12.4. The van der Waals surface area contributed by atoms with E-state index in [1.165, 1.54) is 29.1 Å². The first-order valence-electron chi connectivity index (χ1n) is 10.2. The van der Waals surface area contributed by atoms with Gasteiger partial charge in [0.25, 0.3) is 0 Å². The summed E-state index contributed by atoms with van der Waals surface area (Å²) < 4.78 is 31.4. The van der Waals surface area contributed by atoms with Gasteiger partial charge in [-0.05, 0) is 37.3 Å². The van der Waals surface area contributed by atoms with Crippen molar-refractivity contribution in [3.05, 3.63) is 76.3 Å². The van der Waals surface area contributed by atoms with E-state index in [-0.39, 0.29) is 45.5 Å². The number of methoxy groups -OCH3 is 1. The number of carbonyl (C=O) groups excluding carboxylic acids is 2. The number of rotatable bonds is 6. The van der Waals surface area contributed by atoms with Crippen molar-refractivity contribution in [1.82, 2.24) is 14.9 Å². The number of ether oxygens (including phenoxy) is 2. The lowest BCUT2D eigenvalue weighted by molar-refractivity contribution is 0.0514. The highest BCUT2D eigenvalue weighted by atomic mass is 35.5. The van der Waals surface area contributed by atoms with Gasteiger partial charge in [0.1, 0.15) is 17.1 Å². The fraction of sp³-hybridized carbons (Fsp3) is 0.125. The van der Waals surface area contributed by atoms with Crippen molar-refractivity contribution < 1.29 is 28.0 Å². The van der Waals surface area contributed by atoms with Crippen LogP contribution in [0.5, 0.6) is 0 Å². The molecule has 2 aromatic carbocycles. The molecule has 11 heteroatoms. The van der Waals surface area contributed by atoms with E-state index in [1.807, 2.05) is 6.07 Å². The summed E-state index contributed by atoms with van der Waals surface area (Å²) in [6.07, 6.45) is 1.27. The van der Waals surface area contributed by atoms with Crippen molar-refractivity contribution in [3.8, 4) is 34.3 Å². The van der Waals surface area contributed by atoms with Crippen molar-refractivity contribution in [2.75, 3.05) is 13.7 Å². The molecule has 0 saturated heterocycles. The highest BCUT2D eigenvalue weighted by Crippen LogP contribution is 2.39. The Bertz CT molecular complexity index is 1470. The number of aromatic nitrogens is 3. The van der Waals surface area contributed by atoms with Crippen molar-refractivity contribution in [2.24, 2.45) is 0 Å². The van der Waals surface area contributed by atoms with Gasteiger partial charge in [-0.25, -0.2) is 18.7 Å². The van der Waals surface area contributed by atoms with Crippen LogP contribution >= 0.6 is 11.6 Å². The molecule has 0 amide bonds. The van der Waals surface area contributed by atoms with Crippen molar-refractivity contribution >= 4 is 23.5 Å². The third kappa shape index (κ3) is 4.25. The highest BCUT2D eigenvalue weighted by Gasteiger charge is 2.33. The fourth-order valence-electron chi connectivity index (χ4n) is 3.47. The molecule has 0 radical (unpaired) electrons. The zero-order chi connectivity index (χ0) is 25.1. The Morgan fingerprint density at radius 2 is 2.00 bits per heavy atom. The molecule has 4 rings (SSSR count). The van der Waals surface area contributed by atoms with Crippen LogP contribution in [0.3, 0.4) is 0 Å². The maximum Gasteiger partial charge on any atom is 0.357 e. The largest absolute Gasteiger partial charge is 0.465 e. The average Bonchev–Trinajstić information content (AvgIpc) is 3.48. The predicted octanol–water partition coefficient (Wildman–Crippen LogP) is 4.82. The van der Waals surface area contributed by atoms with Crippen molar-refractivity contribution in [3.63, 3.8) is 0 Å². The number of benzene rings is 2. The standard InChI is InChI=1S/C24H16ClFN4O5/c1-3-34-24(32)21-15(12-28-30(21)14-7-4-6-13(10-14)11-27)22-19(23(31)33-2)20(29-35-22)18-16(25)8-5-9-17(18)26/h4-10,12H,3H2,1-2H3. The fourth-order valence-corrected chi connectivity index (χ4v) is 3.73. The minimum atomic E-state index is -0.899. The molecule has 176 valence electrons. The summed E-state index contributed by atoms with van der Waals surface area (Å²) in [4.78, 5) is 25.8. The van der Waals surface area contributed by atoms with Gasteiger partial charge < -0.3 is 14.0 Å². The first-order valence-corrected chi connectivity index (χ1v) is 10.6. The van der Waals surface area contributed by atoms with E-state index in [1.54, 1.807) is 25.1 Å². The number of hydrogen-bond acceptors (Lipinski definition) is 8. The number of hydrogen-bond donors (Lipinski definition) is 0. The molecule has 2 heterocycles. The molecular formula is C24H16ClFN4O5. The van der Waals surface area contributed by atoms with E-state index < -0.39 is 17.8 Å². The van der Waals surface area contributed by atoms with Crippen molar-refractivity contribution in [1.29, 1.82) is 5.26 Å². The molecule has 2 aromatic heterocycles. The van der Waals surface area contributed by atoms with Crippen LogP contribution in [0, 0.1) is 17.1 Å². The molecule has 0 N–H and O–H groups in total. The summed E-state index contributed by atoms with van der Waals surface area (Å²) in [5.41, 5.74) is 0.0261. The first-order chi connectivity index (χ1) is 16.9. The molecule has 0 fully saturated rings. The van der Waals surface area contributed by atoms with Crippen LogP contribution in [-0.4, -0.2) is 40.6 Å². The van der Waals surface area contributed by atoms with Crippen molar-refractivity contribution in [2.45, 2.75) is 6.92 Å². The Morgan fingerprint density at radius 3 is 2.69 bits per heavy atom. The number of nitrogens with zero attached hydrogens (tertiary/aromatic N) is 4. The summed E-state index contributed by atoms with van der Waals surface area (Å²) in [5, 5.41) is 17.4. The average molecular weight is 495 g/mol. The van der Waals surface area contributed by atoms with E-state index >= 15 is 0 Å². The number of halogens is 2. The monoisotopic (exact) mass is 494 g/mol. The zero-order valence-electron chi connectivity index (χ0n) is 18.4. The van der Waals surface area contributed by atoms with Crippen LogP contribution in [0.2, 0.25) is 5.02 Å². The van der Waals surface area contributed by atoms with Gasteiger partial charge in [0, 0.05) is 0 Å². The zero-order valence-corrected chi connectivity index (χ0v) is 19.2. The molecule has 35 heavy (non-hydrogen) atoms. The Morgan fingerprint density at radius 1 is 1.23 bits per heavy atom. The summed E-state index contributed by atoms with van der Waals surface area (Å²) in [5.74, 6) is -2.61. The van der Waals surface area contributed by atoms with Gasteiger partial charge in [-0.15, -0.1) is 0 Å². The molecule has 0 spiro atoms. The van der Waals surface area contributed by atoms with E-state index in [4.69, 9.17) is 25.6 Å². The van der Waals surface area contributed by atoms with Gasteiger partial charge >= 0.3 is 11.9 Å². The van der Waals surface area contributed by atoms with Gasteiger partial charge in [-0.2, -0.15) is 10.4 Å². The quantitative estimate of drug-likeness (QED) is 0.350. The van der Waals surface area contributed by atoms with Gasteiger partial charge in [-0.1, -0.05) is 28.9 Å². The Labute approximate surface area is 203 Å². The summed E-state index contributed by atoms with van der Waals surface area (Å²) in [7, 11) is 1.13. The molecule has 0 saturated carbocycles. The topological polar surface area (TPSA) is 120 Å². The lowest BCUT2D eigenvalue weighted by Gasteiger charge is -2.09. The smallest absolute Gasteiger partial charge is 0.357 e. The van der Waals surface area contributed by atoms with Crippen LogP contribution in [0.1, 0.15) is 33.3 Å². The lowest BCUT2D eigenvalue weighted by Crippen LogP contribution is -2.14. The molecule has 0 aliphatic heterocycles. The normalized spacial score (nSPS) is 10.6. The Balaban J connectivity index is 1.99. The van der Waals surface area contributed by atoms with Crippen LogP contribution in [0.4, 0.5) is 4.39 Å². The molecule has 0 bridgehead atoms. The molecule has 0 unspecified atom stereocenters. The van der Waals surface area contributed by atoms with Crippen LogP contribution in [0.25, 0.3) is 28.3 Å². The number of esters is 2. The number of nitriles is 1. The molecule has 4 aromatic rings. The third-order valence-electron chi connectivity index (χ3n) is 4.98. The van der Waals surface area contributed by atoms with Crippen LogP contribution in [0.15, 0.2) is 53.2 Å². The summed E-state index contributed by atoms with van der Waals surface area (Å²) >= 11 is 6.18. The van der Waals surface area contributed by atoms with Gasteiger partial charge in [0.05, 0.1) is 53.4 Å². The summed E-state index contributed by atoms with van der Waals surface area (Å²) in [6.45, 7) is 1.68. The predicted molar refractivity (Wildman–Crippen MR) is 121 cm³/mol. The first kappa shape index (κ1) is 23.7. The lowest BCUT2D eigenvalue weighted by atomic mass is 10.0. The second-order valence-electron chi connectivity index (χ2n) is 7.02. The molecule has 0 aliphatic carbocycles. The SMILES string of the molecule is CCOC(=O)c1c(-c2onc(-c3c(F)cccc3Cl)c2C(=O)OC)cnn1-c1cccc(C#N)c1. The highest BCUT2D eigenvalue weighted by molar-refractivity contribution is 6.33. The Kier molecular flexibility index (Phi) is 6.62. The van der Waals surface area contributed by atoms with Crippen LogP contribution in [-0.2, 0) is 9.47 Å². The minimum absolute atomic E-state index is 0.00960. The second-order valence-corrected chi connectivity index (χ2v) is 7.43. The van der Waals surface area contributed by atoms with E-state index in [2.05, 4.69) is 10.3 Å². The molecule has 0 aliphatic rings. The van der Waals surface area contributed by atoms with E-state index in [9.17, 15) is 19.2 Å². The van der Waals surface area contributed by atoms with Gasteiger partial charge in [0.15, 0.2) is 11.5 Å². The van der Waals surface area contributed by atoms with E-state index in [0.717, 1.165) is 13.2 Å². The minimum Gasteiger partial charge on any atom is -0.465 e. The third-order valence-corrected chi connectivity index (χ3v) is 5.30. The maximum atomic E-state index is 14.7. The molecule has 0 atom stereocenters. The molecular weight excluding hydrogens is 479 g/mol. The van der Waals surface area contributed by atoms with Gasteiger partial charge in [-0.3, -0.25) is 0 Å². The van der Waals surface area contributed by atoms with Gasteiger partial charge in [0.2, 0.25) is 0 Å². The Hall–Kier alpha value is -4.49. The van der Waals surface area contributed by atoms with Crippen LogP contribution < -0.4 is 0 Å². The number of carbonyl (C=O) groups is 2.